The van der Waals surface area contributed by atoms with Crippen LogP contribution in [-0.4, -0.2) is 54.4 Å². The van der Waals surface area contributed by atoms with Gasteiger partial charge in [-0.25, -0.2) is 4.99 Å². The Morgan fingerprint density at radius 2 is 1.94 bits per heavy atom. The quantitative estimate of drug-likeness (QED) is 0.461. The van der Waals surface area contributed by atoms with E-state index in [1.54, 1.807) is 0 Å². The molecule has 1 saturated heterocycles. The molecule has 2 fully saturated rings. The minimum atomic E-state index is 0. The average Bonchev–Trinajstić information content (AvgIpc) is 3.20. The van der Waals surface area contributed by atoms with Gasteiger partial charge in [0, 0.05) is 26.2 Å². The molecule has 1 amide bonds. The van der Waals surface area contributed by atoms with Crippen LogP contribution < -0.4 is 5.73 Å². The zero-order chi connectivity index (χ0) is 12.3. The summed E-state index contributed by atoms with van der Waals surface area (Å²) in [5.74, 6) is 0.606. The molecule has 1 aliphatic carbocycles. The number of rotatable bonds is 3. The van der Waals surface area contributed by atoms with E-state index in [9.17, 15) is 4.79 Å². The number of piperidine rings is 1. The molecule has 0 spiro atoms. The summed E-state index contributed by atoms with van der Waals surface area (Å²) in [7, 11) is 1.95. The molecule has 2 rings (SSSR count). The van der Waals surface area contributed by atoms with E-state index in [-0.39, 0.29) is 36.4 Å². The van der Waals surface area contributed by atoms with Crippen LogP contribution in [0.15, 0.2) is 4.99 Å². The van der Waals surface area contributed by atoms with Gasteiger partial charge in [-0.15, -0.1) is 24.0 Å². The number of nitrogens with two attached hydrogens (primary N) is 1. The van der Waals surface area contributed by atoms with Crippen LogP contribution >= 0.6 is 24.0 Å². The van der Waals surface area contributed by atoms with E-state index in [2.05, 4.69) is 4.99 Å². The normalized spacial score (nSPS) is 20.3. The summed E-state index contributed by atoms with van der Waals surface area (Å²) in [5.41, 5.74) is 5.84. The Bertz CT molecular complexity index is 311. The molecule has 2 aliphatic rings. The minimum absolute atomic E-state index is 0. The second-order valence-electron chi connectivity index (χ2n) is 4.96. The van der Waals surface area contributed by atoms with E-state index in [1.165, 1.54) is 19.3 Å². The van der Waals surface area contributed by atoms with Crippen molar-refractivity contribution < 1.29 is 4.79 Å². The molecule has 2 N–H and O–H groups in total. The second kappa shape index (κ2) is 7.16. The smallest absolute Gasteiger partial charge is 0.244 e. The number of likely N-dealkylation sites (tertiary alicyclic amines) is 1. The predicted octanol–water partition coefficient (Wildman–Crippen LogP) is 1.03. The fourth-order valence-electron chi connectivity index (χ4n) is 2.15. The van der Waals surface area contributed by atoms with Gasteiger partial charge in [0.1, 0.15) is 6.54 Å². The molecule has 1 saturated carbocycles. The third-order valence-corrected chi connectivity index (χ3v) is 3.54. The molecule has 104 valence electrons. The number of carbonyl (C=O) groups excluding carboxylic acids is 1. The van der Waals surface area contributed by atoms with Gasteiger partial charge in [-0.1, -0.05) is 0 Å². The lowest BCUT2D eigenvalue weighted by molar-refractivity contribution is -0.130. The number of aliphatic imine (C=N–C) groups is 1. The van der Waals surface area contributed by atoms with Gasteiger partial charge < -0.3 is 15.5 Å². The topological polar surface area (TPSA) is 61.9 Å². The molecule has 6 heteroatoms. The fourth-order valence-corrected chi connectivity index (χ4v) is 2.15. The fraction of sp³-hybridized carbons (Fsp3) is 0.833. The van der Waals surface area contributed by atoms with Crippen LogP contribution in [0.3, 0.4) is 0 Å². The second-order valence-corrected chi connectivity index (χ2v) is 4.96. The van der Waals surface area contributed by atoms with Crippen molar-refractivity contribution in [1.82, 2.24) is 9.80 Å². The van der Waals surface area contributed by atoms with Crippen molar-refractivity contribution in [2.24, 2.45) is 10.7 Å². The van der Waals surface area contributed by atoms with Crippen molar-refractivity contribution in [3.8, 4) is 0 Å². The summed E-state index contributed by atoms with van der Waals surface area (Å²) >= 11 is 0. The number of amides is 1. The summed E-state index contributed by atoms with van der Waals surface area (Å²) in [6, 6.07) is 0.545. The maximum Gasteiger partial charge on any atom is 0.244 e. The van der Waals surface area contributed by atoms with Gasteiger partial charge in [0.25, 0.3) is 0 Å². The number of carbonyl (C=O) groups is 1. The van der Waals surface area contributed by atoms with Crippen molar-refractivity contribution in [1.29, 1.82) is 0 Å². The third-order valence-electron chi connectivity index (χ3n) is 3.54. The zero-order valence-electron chi connectivity index (χ0n) is 11.0. The Labute approximate surface area is 126 Å². The van der Waals surface area contributed by atoms with Crippen LogP contribution in [0.4, 0.5) is 0 Å². The van der Waals surface area contributed by atoms with E-state index in [0.29, 0.717) is 12.0 Å². The van der Waals surface area contributed by atoms with Crippen molar-refractivity contribution in [2.45, 2.75) is 38.1 Å². The number of nitrogens with zero attached hydrogens (tertiary/aromatic N) is 3. The van der Waals surface area contributed by atoms with Crippen LogP contribution in [-0.2, 0) is 4.79 Å². The molecule has 0 atom stereocenters. The molecule has 0 bridgehead atoms. The van der Waals surface area contributed by atoms with Gasteiger partial charge in [0.15, 0.2) is 5.96 Å². The van der Waals surface area contributed by atoms with Crippen molar-refractivity contribution in [3.63, 3.8) is 0 Å². The summed E-state index contributed by atoms with van der Waals surface area (Å²) in [5, 5.41) is 0. The molecule has 0 radical (unpaired) electrons. The molecule has 0 aromatic rings. The zero-order valence-corrected chi connectivity index (χ0v) is 13.3. The van der Waals surface area contributed by atoms with E-state index in [0.717, 1.165) is 25.9 Å². The molecular weight excluding hydrogens is 343 g/mol. The van der Waals surface area contributed by atoms with Crippen molar-refractivity contribution >= 4 is 35.8 Å². The van der Waals surface area contributed by atoms with Gasteiger partial charge in [-0.05, 0) is 32.1 Å². The maximum absolute atomic E-state index is 11.9. The van der Waals surface area contributed by atoms with Crippen LogP contribution in [0.1, 0.15) is 32.1 Å². The first-order valence-electron chi connectivity index (χ1n) is 6.49. The Hall–Kier alpha value is -0.530. The summed E-state index contributed by atoms with van der Waals surface area (Å²) in [6.45, 7) is 1.96. The Kier molecular flexibility index (Phi) is 6.17. The first-order valence-corrected chi connectivity index (χ1v) is 6.49. The molecule has 5 nitrogen and oxygen atoms in total. The molecule has 1 aliphatic heterocycles. The van der Waals surface area contributed by atoms with Gasteiger partial charge >= 0.3 is 0 Å². The summed E-state index contributed by atoms with van der Waals surface area (Å²) in [6.07, 6.45) is 5.85. The Morgan fingerprint density at radius 1 is 1.33 bits per heavy atom. The number of hydrogen-bond acceptors (Lipinski definition) is 2. The lowest BCUT2D eigenvalue weighted by atomic mass is 10.1. The highest BCUT2D eigenvalue weighted by Crippen LogP contribution is 2.24. The standard InChI is InChI=1S/C12H22N4O.HI/c1-15(10-5-6-10)12(13)14-9-11(17)16-7-3-2-4-8-16;/h10H,2-9H2,1H3,(H2,13,14);1H. The highest BCUT2D eigenvalue weighted by molar-refractivity contribution is 14.0. The van der Waals surface area contributed by atoms with Crippen molar-refractivity contribution in [2.75, 3.05) is 26.7 Å². The molecular formula is C12H23IN4O. The van der Waals surface area contributed by atoms with E-state index in [1.807, 2.05) is 16.8 Å². The molecule has 0 unspecified atom stereocenters. The maximum atomic E-state index is 11.9. The number of hydrogen-bond donors (Lipinski definition) is 1. The minimum Gasteiger partial charge on any atom is -0.370 e. The molecule has 0 aromatic carbocycles. The summed E-state index contributed by atoms with van der Waals surface area (Å²) < 4.78 is 0. The number of guanidine groups is 1. The SMILES string of the molecule is CN(C(N)=NCC(=O)N1CCCCC1)C1CC1.I. The highest BCUT2D eigenvalue weighted by Gasteiger charge is 2.27. The number of halogens is 1. The third kappa shape index (κ3) is 4.29. The van der Waals surface area contributed by atoms with Crippen LogP contribution in [0.25, 0.3) is 0 Å². The van der Waals surface area contributed by atoms with Crippen LogP contribution in [0.2, 0.25) is 0 Å². The Morgan fingerprint density at radius 3 is 2.50 bits per heavy atom. The van der Waals surface area contributed by atoms with Gasteiger partial charge in [-0.2, -0.15) is 0 Å². The first-order chi connectivity index (χ1) is 8.18. The largest absolute Gasteiger partial charge is 0.370 e. The van der Waals surface area contributed by atoms with Crippen molar-refractivity contribution in [3.05, 3.63) is 0 Å². The molecule has 1 heterocycles. The summed E-state index contributed by atoms with van der Waals surface area (Å²) in [4.78, 5) is 19.9. The predicted molar refractivity (Wildman–Crippen MR) is 83.1 cm³/mol. The van der Waals surface area contributed by atoms with E-state index in [4.69, 9.17) is 5.73 Å². The lowest BCUT2D eigenvalue weighted by Gasteiger charge is -2.26. The highest BCUT2D eigenvalue weighted by atomic mass is 127. The van der Waals surface area contributed by atoms with Gasteiger partial charge in [0.05, 0.1) is 0 Å². The van der Waals surface area contributed by atoms with E-state index < -0.39 is 0 Å². The van der Waals surface area contributed by atoms with E-state index >= 15 is 0 Å². The average molecular weight is 366 g/mol. The first kappa shape index (κ1) is 15.5. The monoisotopic (exact) mass is 366 g/mol. The lowest BCUT2D eigenvalue weighted by Crippen LogP contribution is -2.39. The van der Waals surface area contributed by atoms with Crippen LogP contribution in [0.5, 0.6) is 0 Å². The molecule has 0 aromatic heterocycles. The van der Waals surface area contributed by atoms with Crippen LogP contribution in [0, 0.1) is 0 Å². The van der Waals surface area contributed by atoms with Gasteiger partial charge in [-0.3, -0.25) is 4.79 Å². The molecule has 18 heavy (non-hydrogen) atoms. The Balaban J connectivity index is 0.00000162. The van der Waals surface area contributed by atoms with Gasteiger partial charge in [0.2, 0.25) is 5.91 Å².